The van der Waals surface area contributed by atoms with E-state index in [0.29, 0.717) is 41.4 Å². The number of carbonyl (C=O) groups is 2. The fourth-order valence-electron chi connectivity index (χ4n) is 3.87. The van der Waals surface area contributed by atoms with Gasteiger partial charge in [0, 0.05) is 37.1 Å². The number of thiophene rings is 1. The van der Waals surface area contributed by atoms with Gasteiger partial charge in [0.15, 0.2) is 5.76 Å². The highest BCUT2D eigenvalue weighted by Crippen LogP contribution is 2.43. The Labute approximate surface area is 196 Å². The fraction of sp³-hybridized carbons (Fsp3) is 0.292. The molecule has 1 aliphatic heterocycles. The van der Waals surface area contributed by atoms with E-state index in [1.807, 2.05) is 10.8 Å². The number of hydrogen-bond acceptors (Lipinski definition) is 7. The summed E-state index contributed by atoms with van der Waals surface area (Å²) >= 11 is 1.27. The van der Waals surface area contributed by atoms with Crippen LogP contribution in [0.5, 0.6) is 11.5 Å². The second-order valence-corrected chi connectivity index (χ2v) is 8.18. The average molecular weight is 470 g/mol. The maximum Gasteiger partial charge on any atom is 0.290 e. The van der Waals surface area contributed by atoms with Crippen LogP contribution in [0.25, 0.3) is 0 Å². The van der Waals surface area contributed by atoms with E-state index in [0.717, 1.165) is 0 Å². The lowest BCUT2D eigenvalue weighted by atomic mass is 9.94. The molecule has 0 aliphatic carbocycles. The first-order valence-corrected chi connectivity index (χ1v) is 10.9. The molecule has 0 radical (unpaired) electrons. The zero-order chi connectivity index (χ0) is 22.7. The molecule has 4 rings (SSSR count). The summed E-state index contributed by atoms with van der Waals surface area (Å²) in [4.78, 5) is 32.4. The number of benzene rings is 1. The molecule has 2 aromatic heterocycles. The van der Waals surface area contributed by atoms with Crippen LogP contribution in [0.3, 0.4) is 0 Å². The molecule has 3 heterocycles. The van der Waals surface area contributed by atoms with Gasteiger partial charge in [-0.1, -0.05) is 13.5 Å². The Hall–Kier alpha value is -3.59. The predicted octanol–water partition coefficient (Wildman–Crippen LogP) is 4.27. The smallest absolute Gasteiger partial charge is 0.290 e. The van der Waals surface area contributed by atoms with Crippen molar-refractivity contribution in [3.05, 3.63) is 76.2 Å². The second kappa shape index (κ2) is 10.4. The molecule has 1 unspecified atom stereocenters. The lowest BCUT2D eigenvalue weighted by molar-refractivity contribution is -0.129. The molecule has 1 amide bonds. The number of rotatable bonds is 9. The first-order chi connectivity index (χ1) is 15.5. The minimum Gasteiger partial charge on any atom is -0.503 e. The van der Waals surface area contributed by atoms with Crippen LogP contribution in [0, 0.1) is 0 Å². The van der Waals surface area contributed by atoms with E-state index in [9.17, 15) is 14.7 Å². The number of imidazole rings is 1. The molecule has 0 bridgehead atoms. The normalized spacial score (nSPS) is 15.5. The van der Waals surface area contributed by atoms with E-state index in [4.69, 9.17) is 9.47 Å². The fourth-order valence-corrected chi connectivity index (χ4v) is 4.54. The van der Waals surface area contributed by atoms with E-state index in [-0.39, 0.29) is 18.8 Å². The van der Waals surface area contributed by atoms with Gasteiger partial charge in [0.25, 0.3) is 5.91 Å². The number of ether oxygens (including phenoxy) is 2. The van der Waals surface area contributed by atoms with Crippen molar-refractivity contribution in [1.29, 1.82) is 0 Å². The van der Waals surface area contributed by atoms with Crippen LogP contribution in [-0.4, -0.2) is 52.0 Å². The average Bonchev–Trinajstić information content (AvgIpc) is 3.57. The Bertz CT molecular complexity index is 1140. The van der Waals surface area contributed by atoms with Crippen LogP contribution < -0.4 is 9.47 Å². The van der Waals surface area contributed by atoms with E-state index in [2.05, 4.69) is 4.98 Å². The summed E-state index contributed by atoms with van der Waals surface area (Å²) in [5.74, 6) is -0.410. The zero-order valence-corrected chi connectivity index (χ0v) is 18.5. The summed E-state index contributed by atoms with van der Waals surface area (Å²) in [5.41, 5.74) is 0.664. The molecular weight excluding hydrogens is 442 g/mol. The van der Waals surface area contributed by atoms with Crippen molar-refractivity contribution in [2.75, 3.05) is 20.8 Å². The number of ketones is 1. The first kappa shape index (κ1) is 24.1. The minimum atomic E-state index is -0.777. The topological polar surface area (TPSA) is 93.9 Å². The van der Waals surface area contributed by atoms with Crippen LogP contribution in [0.15, 0.2) is 65.8 Å². The molecule has 0 spiro atoms. The number of aromatic nitrogens is 2. The molecule has 1 aliphatic rings. The third-order valence-electron chi connectivity index (χ3n) is 5.40. The quantitative estimate of drug-likeness (QED) is 0.471. The van der Waals surface area contributed by atoms with Gasteiger partial charge in [-0.2, -0.15) is 0 Å². The van der Waals surface area contributed by atoms with Crippen molar-refractivity contribution in [3.8, 4) is 11.5 Å². The van der Waals surface area contributed by atoms with Crippen molar-refractivity contribution in [2.24, 2.45) is 0 Å². The van der Waals surface area contributed by atoms with Crippen LogP contribution in [0.1, 0.15) is 35.1 Å². The van der Waals surface area contributed by atoms with Crippen molar-refractivity contribution >= 4 is 23.0 Å². The molecule has 0 saturated carbocycles. The molecule has 33 heavy (non-hydrogen) atoms. The highest BCUT2D eigenvalue weighted by Gasteiger charge is 2.44. The van der Waals surface area contributed by atoms with E-state index >= 15 is 0 Å². The number of aliphatic hydroxyl groups is 1. The molecule has 0 fully saturated rings. The molecule has 3 aromatic rings. The largest absolute Gasteiger partial charge is 0.503 e. The van der Waals surface area contributed by atoms with Gasteiger partial charge in [-0.05, 0) is 30.0 Å². The Morgan fingerprint density at radius 2 is 2.03 bits per heavy atom. The third-order valence-corrected chi connectivity index (χ3v) is 6.27. The second-order valence-electron chi connectivity index (χ2n) is 7.23. The molecule has 9 heteroatoms. The molecule has 1 aromatic carbocycles. The summed E-state index contributed by atoms with van der Waals surface area (Å²) in [5, 5.41) is 12.6. The van der Waals surface area contributed by atoms with Gasteiger partial charge in [0.05, 0.1) is 37.0 Å². The molecule has 1 N–H and O–H groups in total. The number of nitrogens with zero attached hydrogens (tertiary/aromatic N) is 3. The minimum absolute atomic E-state index is 0. The van der Waals surface area contributed by atoms with Gasteiger partial charge in [-0.15, -0.1) is 11.3 Å². The number of hydrogen-bond donors (Lipinski definition) is 1. The molecule has 1 atom stereocenters. The van der Waals surface area contributed by atoms with Gasteiger partial charge >= 0.3 is 0 Å². The van der Waals surface area contributed by atoms with Crippen LogP contribution in [0.4, 0.5) is 0 Å². The van der Waals surface area contributed by atoms with E-state index < -0.39 is 17.7 Å². The van der Waals surface area contributed by atoms with Gasteiger partial charge in [-0.3, -0.25) is 9.59 Å². The summed E-state index contributed by atoms with van der Waals surface area (Å²) in [6.07, 6.45) is 5.86. The van der Waals surface area contributed by atoms with Crippen molar-refractivity contribution < 1.29 is 24.2 Å². The molecule has 8 nitrogen and oxygen atoms in total. The van der Waals surface area contributed by atoms with E-state index in [1.54, 1.807) is 55.3 Å². The Kier molecular flexibility index (Phi) is 7.55. The van der Waals surface area contributed by atoms with Crippen LogP contribution in [0.2, 0.25) is 0 Å². The monoisotopic (exact) mass is 469 g/mol. The number of carbonyl (C=O) groups excluding carboxylic acids is 2. The third kappa shape index (κ3) is 4.63. The first-order valence-electron chi connectivity index (χ1n) is 10.0. The zero-order valence-electron chi connectivity index (χ0n) is 17.7. The summed E-state index contributed by atoms with van der Waals surface area (Å²) in [6.45, 7) is 0.980. The lowest BCUT2D eigenvalue weighted by Gasteiger charge is -2.28. The SMILES string of the molecule is C.COc1ccc(C2C(C(=O)c3cccs3)=C(O)C(=O)N2CCCn2ccnc2)c(OC)c1. The van der Waals surface area contributed by atoms with Gasteiger partial charge in [-0.25, -0.2) is 4.98 Å². The van der Waals surface area contributed by atoms with Crippen molar-refractivity contribution in [2.45, 2.75) is 26.4 Å². The molecular formula is C24H27N3O5S. The predicted molar refractivity (Wildman–Crippen MR) is 126 cm³/mol. The van der Waals surface area contributed by atoms with Gasteiger partial charge in [0.2, 0.25) is 5.78 Å². The summed E-state index contributed by atoms with van der Waals surface area (Å²) < 4.78 is 12.8. The number of amides is 1. The maximum atomic E-state index is 13.3. The van der Waals surface area contributed by atoms with E-state index in [1.165, 1.54) is 23.3 Å². The highest BCUT2D eigenvalue weighted by atomic mass is 32.1. The Balaban J connectivity index is 0.00000306. The standard InChI is InChI=1S/C23H23N3O5S.CH4/c1-30-15-6-7-16(17(13-15)31-2)20-19(21(27)18-5-3-12-32-18)22(28)23(29)26(20)10-4-9-25-11-8-24-14-25;/h3,5-8,11-14,20,28H,4,9-10H2,1-2H3;1H4. The number of methoxy groups -OCH3 is 2. The Morgan fingerprint density at radius 1 is 1.21 bits per heavy atom. The molecule has 174 valence electrons. The van der Waals surface area contributed by atoms with Crippen LogP contribution >= 0.6 is 11.3 Å². The van der Waals surface area contributed by atoms with Gasteiger partial charge < -0.3 is 24.0 Å². The van der Waals surface area contributed by atoms with Crippen molar-refractivity contribution in [3.63, 3.8) is 0 Å². The number of Topliss-reactive ketones (excluding diaryl/α,β-unsaturated/α-hetero) is 1. The van der Waals surface area contributed by atoms with Crippen molar-refractivity contribution in [1.82, 2.24) is 14.5 Å². The summed E-state index contributed by atoms with van der Waals surface area (Å²) in [7, 11) is 3.07. The maximum absolute atomic E-state index is 13.3. The number of aliphatic hydroxyl groups excluding tert-OH is 1. The van der Waals surface area contributed by atoms with Gasteiger partial charge in [0.1, 0.15) is 11.5 Å². The summed E-state index contributed by atoms with van der Waals surface area (Å²) in [6, 6.07) is 7.88. The lowest BCUT2D eigenvalue weighted by Crippen LogP contribution is -2.32. The van der Waals surface area contributed by atoms with Crippen LogP contribution in [-0.2, 0) is 11.3 Å². The highest BCUT2D eigenvalue weighted by molar-refractivity contribution is 7.12. The number of aryl methyl sites for hydroxylation is 1. The molecule has 0 saturated heterocycles. The Morgan fingerprint density at radius 3 is 2.67 bits per heavy atom.